The molecule has 3 heterocycles. The minimum Gasteiger partial charge on any atom is -0.463 e. The Balaban J connectivity index is 1.14. The summed E-state index contributed by atoms with van der Waals surface area (Å²) in [5, 5.41) is 21.5. The van der Waals surface area contributed by atoms with Crippen LogP contribution >= 0.6 is 0 Å². The fourth-order valence-corrected chi connectivity index (χ4v) is 4.16. The predicted molar refractivity (Wildman–Crippen MR) is 139 cm³/mol. The number of piperazine rings is 1. The molecule has 2 amide bonds. The molecule has 38 heavy (non-hydrogen) atoms. The lowest BCUT2D eigenvalue weighted by Crippen LogP contribution is -2.48. The van der Waals surface area contributed by atoms with Gasteiger partial charge in [-0.3, -0.25) is 19.2 Å². The van der Waals surface area contributed by atoms with Crippen LogP contribution < -0.4 is 20.3 Å². The Morgan fingerprint density at radius 1 is 1.05 bits per heavy atom. The molecule has 0 unspecified atom stereocenters. The molecule has 1 fully saturated rings. The summed E-state index contributed by atoms with van der Waals surface area (Å²) in [7, 11) is 1.55. The Morgan fingerprint density at radius 2 is 1.89 bits per heavy atom. The summed E-state index contributed by atoms with van der Waals surface area (Å²) in [6.07, 6.45) is 4.08. The van der Waals surface area contributed by atoms with E-state index in [4.69, 9.17) is 4.74 Å². The Morgan fingerprint density at radius 3 is 2.63 bits per heavy atom. The van der Waals surface area contributed by atoms with Gasteiger partial charge in [-0.1, -0.05) is 11.3 Å². The van der Waals surface area contributed by atoms with Gasteiger partial charge in [-0.25, -0.2) is 4.39 Å². The third-order valence-electron chi connectivity index (χ3n) is 6.20. The molecule has 13 heteroatoms. The number of benzene rings is 1. The van der Waals surface area contributed by atoms with Gasteiger partial charge in [0.25, 0.3) is 5.91 Å². The molecule has 1 saturated heterocycles. The number of nitrogens with one attached hydrogen (secondary N) is 2. The van der Waals surface area contributed by atoms with Crippen molar-refractivity contribution in [3.05, 3.63) is 54.0 Å². The molecule has 3 aromatic rings. The maximum absolute atomic E-state index is 12.5. The van der Waals surface area contributed by atoms with Crippen LogP contribution in [0.15, 0.2) is 42.6 Å². The number of anilines is 2. The number of hydrogen-bond acceptors (Lipinski definition) is 9. The zero-order chi connectivity index (χ0) is 26.7. The molecule has 0 atom stereocenters. The van der Waals surface area contributed by atoms with E-state index in [0.29, 0.717) is 23.8 Å². The van der Waals surface area contributed by atoms with Gasteiger partial charge in [-0.2, -0.15) is 5.10 Å². The van der Waals surface area contributed by atoms with E-state index in [1.807, 2.05) is 24.3 Å². The lowest BCUT2D eigenvalue weighted by Gasteiger charge is -2.35. The number of aromatic nitrogens is 5. The zero-order valence-corrected chi connectivity index (χ0v) is 21.3. The van der Waals surface area contributed by atoms with Crippen molar-refractivity contribution in [1.82, 2.24) is 35.4 Å². The molecule has 2 N–H and O–H groups in total. The van der Waals surface area contributed by atoms with Crippen molar-refractivity contribution < 1.29 is 18.7 Å². The Bertz CT molecular complexity index is 1200. The smallest absolute Gasteiger partial charge is 0.273 e. The van der Waals surface area contributed by atoms with Gasteiger partial charge >= 0.3 is 0 Å². The number of rotatable bonds is 12. The number of nitrogens with zero attached hydrogens (tertiary/aromatic N) is 7. The Labute approximate surface area is 220 Å². The van der Waals surface area contributed by atoms with Crippen LogP contribution in [0, 0.1) is 0 Å². The van der Waals surface area contributed by atoms with Crippen molar-refractivity contribution in [2.45, 2.75) is 25.8 Å². The molecule has 0 bridgehead atoms. The number of hydrogen-bond donors (Lipinski definition) is 2. The number of aryl methyl sites for hydroxylation is 2. The van der Waals surface area contributed by atoms with E-state index < -0.39 is 6.86 Å². The molecular weight excluding hydrogens is 493 g/mol. The van der Waals surface area contributed by atoms with Gasteiger partial charge < -0.3 is 20.3 Å². The quantitative estimate of drug-likeness (QED) is 0.338. The second-order valence-electron chi connectivity index (χ2n) is 8.88. The summed E-state index contributed by atoms with van der Waals surface area (Å²) in [6.45, 7) is 3.04. The lowest BCUT2D eigenvalue weighted by molar-refractivity contribution is -0.117. The minimum absolute atomic E-state index is 0.136. The van der Waals surface area contributed by atoms with E-state index in [2.05, 4.69) is 40.9 Å². The molecule has 0 aliphatic carbocycles. The van der Waals surface area contributed by atoms with Crippen LogP contribution in [0.5, 0.6) is 5.75 Å². The van der Waals surface area contributed by atoms with Crippen LogP contribution in [-0.2, 0) is 17.8 Å². The summed E-state index contributed by atoms with van der Waals surface area (Å²) < 4.78 is 19.0. The number of alkyl halides is 1. The van der Waals surface area contributed by atoms with Gasteiger partial charge in [-0.15, -0.1) is 10.2 Å². The fraction of sp³-hybridized carbons (Fsp3) is 0.440. The first-order chi connectivity index (χ1) is 18.5. The summed E-state index contributed by atoms with van der Waals surface area (Å²) in [4.78, 5) is 28.3. The first-order valence-corrected chi connectivity index (χ1v) is 12.5. The summed E-state index contributed by atoms with van der Waals surface area (Å²) in [6, 6.07) is 11.0. The SMILES string of the molecule is CNC(=O)c1cn(CCCCc2ccc(NC(=O)CN3CCN(c4cccc(OCF)c4)CC3)nn2)nn1. The molecule has 1 aliphatic heterocycles. The molecule has 0 radical (unpaired) electrons. The van der Waals surface area contributed by atoms with Crippen molar-refractivity contribution in [1.29, 1.82) is 0 Å². The van der Waals surface area contributed by atoms with E-state index in [0.717, 1.165) is 56.8 Å². The third-order valence-corrected chi connectivity index (χ3v) is 6.20. The maximum Gasteiger partial charge on any atom is 0.273 e. The van der Waals surface area contributed by atoms with Crippen LogP contribution in [0.25, 0.3) is 0 Å². The van der Waals surface area contributed by atoms with Gasteiger partial charge in [-0.05, 0) is 43.5 Å². The highest BCUT2D eigenvalue weighted by Crippen LogP contribution is 2.22. The van der Waals surface area contributed by atoms with Gasteiger partial charge in [0.2, 0.25) is 12.8 Å². The summed E-state index contributed by atoms with van der Waals surface area (Å²) in [5.74, 6) is 0.531. The standard InChI is InChI=1S/C25H32FN9O3/c1-27-25(37)22-16-35(32-30-22)10-3-2-5-19-8-9-23(31-29-19)28-24(36)17-33-11-13-34(14-12-33)20-6-4-7-21(15-20)38-18-26/h4,6-9,15-16H,2-3,5,10-14,17-18H2,1H3,(H,27,37)(H,28,31,36). The highest BCUT2D eigenvalue weighted by molar-refractivity contribution is 5.91. The number of amides is 2. The van der Waals surface area contributed by atoms with E-state index in [1.54, 1.807) is 30.1 Å². The van der Waals surface area contributed by atoms with E-state index in [9.17, 15) is 14.0 Å². The molecular formula is C25H32FN9O3. The normalized spacial score (nSPS) is 13.8. The van der Waals surface area contributed by atoms with E-state index >= 15 is 0 Å². The number of unbranched alkanes of at least 4 members (excludes halogenated alkanes) is 1. The first kappa shape index (κ1) is 26.9. The molecule has 0 spiro atoms. The summed E-state index contributed by atoms with van der Waals surface area (Å²) in [5.41, 5.74) is 2.11. The van der Waals surface area contributed by atoms with Crippen molar-refractivity contribution in [2.24, 2.45) is 0 Å². The van der Waals surface area contributed by atoms with Crippen LogP contribution in [-0.4, -0.2) is 88.5 Å². The van der Waals surface area contributed by atoms with Gasteiger partial charge in [0.1, 0.15) is 5.75 Å². The molecule has 2 aromatic heterocycles. The van der Waals surface area contributed by atoms with Crippen molar-refractivity contribution >= 4 is 23.3 Å². The highest BCUT2D eigenvalue weighted by atomic mass is 19.1. The minimum atomic E-state index is -0.854. The van der Waals surface area contributed by atoms with Crippen LogP contribution in [0.3, 0.4) is 0 Å². The third kappa shape index (κ3) is 7.68. The van der Waals surface area contributed by atoms with Crippen molar-refractivity contribution in [2.75, 3.05) is 56.8 Å². The summed E-state index contributed by atoms with van der Waals surface area (Å²) >= 11 is 0. The second kappa shape index (κ2) is 13.4. The molecule has 1 aromatic carbocycles. The lowest BCUT2D eigenvalue weighted by atomic mass is 10.2. The number of halogens is 1. The average Bonchev–Trinajstić information content (AvgIpc) is 3.41. The number of ether oxygens (including phenoxy) is 1. The highest BCUT2D eigenvalue weighted by Gasteiger charge is 2.20. The Hall–Kier alpha value is -4.13. The fourth-order valence-electron chi connectivity index (χ4n) is 4.16. The second-order valence-corrected chi connectivity index (χ2v) is 8.88. The zero-order valence-electron chi connectivity index (χ0n) is 21.3. The van der Waals surface area contributed by atoms with Crippen molar-refractivity contribution in [3.63, 3.8) is 0 Å². The predicted octanol–water partition coefficient (Wildman–Crippen LogP) is 1.52. The van der Waals surface area contributed by atoms with E-state index in [1.165, 1.54) is 0 Å². The van der Waals surface area contributed by atoms with Crippen molar-refractivity contribution in [3.8, 4) is 5.75 Å². The first-order valence-electron chi connectivity index (χ1n) is 12.5. The van der Waals surface area contributed by atoms with Crippen LogP contribution in [0.4, 0.5) is 15.9 Å². The van der Waals surface area contributed by atoms with Gasteiger partial charge in [0.05, 0.1) is 18.4 Å². The number of carbonyl (C=O) groups excluding carboxylic acids is 2. The molecule has 0 saturated carbocycles. The largest absolute Gasteiger partial charge is 0.463 e. The molecule has 202 valence electrons. The average molecular weight is 526 g/mol. The van der Waals surface area contributed by atoms with Gasteiger partial charge in [0.15, 0.2) is 11.5 Å². The molecule has 12 nitrogen and oxygen atoms in total. The Kier molecular flexibility index (Phi) is 9.51. The van der Waals surface area contributed by atoms with Gasteiger partial charge in [0, 0.05) is 51.5 Å². The van der Waals surface area contributed by atoms with E-state index in [-0.39, 0.29) is 18.4 Å². The molecule has 1 aliphatic rings. The monoisotopic (exact) mass is 525 g/mol. The molecule has 4 rings (SSSR count). The maximum atomic E-state index is 12.5. The van der Waals surface area contributed by atoms with Crippen LogP contribution in [0.1, 0.15) is 29.0 Å². The van der Waals surface area contributed by atoms with Crippen LogP contribution in [0.2, 0.25) is 0 Å². The topological polar surface area (TPSA) is 130 Å². The number of carbonyl (C=O) groups is 2.